The van der Waals surface area contributed by atoms with Crippen molar-refractivity contribution in [3.8, 4) is 11.5 Å². The zero-order valence-electron chi connectivity index (χ0n) is 20.0. The lowest BCUT2D eigenvalue weighted by molar-refractivity contribution is 0.0935. The number of anilines is 3. The highest BCUT2D eigenvalue weighted by atomic mass is 32.1. The Balaban J connectivity index is 1.33. The Hall–Kier alpha value is -4.02. The van der Waals surface area contributed by atoms with E-state index in [0.29, 0.717) is 38.3 Å². The molecule has 0 radical (unpaired) electrons. The third-order valence-electron chi connectivity index (χ3n) is 6.54. The SMILES string of the molecule is Cc1cc(Oc2ccc(F)cc2)ccc1N1C(=O)Nc2c(C(=O)N[C@@H]3CCCNC3)sc3nccc1c23. The summed E-state index contributed by atoms with van der Waals surface area (Å²) in [4.78, 5) is 33.8. The second-order valence-electron chi connectivity index (χ2n) is 9.10. The molecule has 3 N–H and O–H groups in total. The number of ether oxygens (including phenoxy) is 1. The number of thiophene rings is 1. The number of nitrogens with zero attached hydrogens (tertiary/aromatic N) is 2. The summed E-state index contributed by atoms with van der Waals surface area (Å²) in [6.07, 6.45) is 3.58. The van der Waals surface area contributed by atoms with Crippen molar-refractivity contribution >= 4 is 50.6 Å². The lowest BCUT2D eigenvalue weighted by Gasteiger charge is -2.30. The molecule has 0 unspecified atom stereocenters. The molecule has 4 aromatic rings. The lowest BCUT2D eigenvalue weighted by Crippen LogP contribution is -2.45. The van der Waals surface area contributed by atoms with Crippen molar-refractivity contribution in [1.29, 1.82) is 0 Å². The second-order valence-corrected chi connectivity index (χ2v) is 10.1. The molecule has 1 saturated heterocycles. The zero-order valence-corrected chi connectivity index (χ0v) is 20.8. The molecule has 0 spiro atoms. The minimum Gasteiger partial charge on any atom is -0.457 e. The molecule has 2 aliphatic rings. The van der Waals surface area contributed by atoms with E-state index in [1.54, 1.807) is 41.4 Å². The molecule has 0 aliphatic carbocycles. The zero-order chi connectivity index (χ0) is 25.5. The van der Waals surface area contributed by atoms with Crippen molar-refractivity contribution in [3.63, 3.8) is 0 Å². The Labute approximate surface area is 216 Å². The van der Waals surface area contributed by atoms with Gasteiger partial charge in [-0.3, -0.25) is 9.69 Å². The van der Waals surface area contributed by atoms with Crippen molar-refractivity contribution in [2.75, 3.05) is 23.3 Å². The van der Waals surface area contributed by atoms with Gasteiger partial charge in [0.25, 0.3) is 5.91 Å². The van der Waals surface area contributed by atoms with Crippen molar-refractivity contribution < 1.29 is 18.7 Å². The van der Waals surface area contributed by atoms with Crippen LogP contribution in [0.1, 0.15) is 28.1 Å². The normalized spacial score (nSPS) is 17.0. The van der Waals surface area contributed by atoms with E-state index in [1.165, 1.54) is 23.5 Å². The van der Waals surface area contributed by atoms with Gasteiger partial charge in [0.1, 0.15) is 27.0 Å². The molecule has 1 atom stereocenters. The Morgan fingerprint density at radius 1 is 1.16 bits per heavy atom. The number of aryl methyl sites for hydroxylation is 1. The smallest absolute Gasteiger partial charge is 0.331 e. The van der Waals surface area contributed by atoms with Crippen LogP contribution in [-0.4, -0.2) is 36.1 Å². The summed E-state index contributed by atoms with van der Waals surface area (Å²) in [6.45, 7) is 3.58. The predicted octanol–water partition coefficient (Wildman–Crippen LogP) is 5.70. The average molecular weight is 518 g/mol. The first-order valence-corrected chi connectivity index (χ1v) is 12.9. The molecule has 8 nitrogen and oxygen atoms in total. The number of hydrogen-bond acceptors (Lipinski definition) is 6. The maximum atomic E-state index is 13.4. The van der Waals surface area contributed by atoms with E-state index < -0.39 is 0 Å². The largest absolute Gasteiger partial charge is 0.457 e. The first-order chi connectivity index (χ1) is 18.0. The Kier molecular flexibility index (Phi) is 5.97. The van der Waals surface area contributed by atoms with E-state index in [1.807, 2.05) is 13.0 Å². The number of amides is 3. The van der Waals surface area contributed by atoms with Crippen LogP contribution in [0.15, 0.2) is 54.7 Å². The van der Waals surface area contributed by atoms with Gasteiger partial charge in [-0.1, -0.05) is 0 Å². The number of carbonyl (C=O) groups is 2. The van der Waals surface area contributed by atoms with Crippen LogP contribution in [0.4, 0.5) is 26.2 Å². The number of benzene rings is 2. The molecule has 2 aromatic heterocycles. The quantitative estimate of drug-likeness (QED) is 0.316. The molecule has 0 saturated carbocycles. The number of urea groups is 1. The number of piperidine rings is 1. The molecular formula is C27H24FN5O3S. The van der Waals surface area contributed by atoms with Crippen molar-refractivity contribution in [2.24, 2.45) is 0 Å². The van der Waals surface area contributed by atoms with Crippen molar-refractivity contribution in [3.05, 3.63) is 71.0 Å². The van der Waals surface area contributed by atoms with E-state index in [4.69, 9.17) is 4.74 Å². The summed E-state index contributed by atoms with van der Waals surface area (Å²) in [7, 11) is 0. The van der Waals surface area contributed by atoms with Crippen LogP contribution in [0.3, 0.4) is 0 Å². The maximum absolute atomic E-state index is 13.4. The summed E-state index contributed by atoms with van der Waals surface area (Å²) >= 11 is 1.28. The highest BCUT2D eigenvalue weighted by molar-refractivity contribution is 7.21. The minimum atomic E-state index is -0.359. The lowest BCUT2D eigenvalue weighted by atomic mass is 10.1. The molecule has 1 fully saturated rings. The van der Waals surface area contributed by atoms with Gasteiger partial charge >= 0.3 is 6.03 Å². The molecule has 10 heteroatoms. The van der Waals surface area contributed by atoms with Gasteiger partial charge in [-0.2, -0.15) is 0 Å². The van der Waals surface area contributed by atoms with Crippen molar-refractivity contribution in [1.82, 2.24) is 15.6 Å². The van der Waals surface area contributed by atoms with Crippen LogP contribution in [0, 0.1) is 12.7 Å². The number of pyridine rings is 1. The summed E-state index contributed by atoms with van der Waals surface area (Å²) in [6, 6.07) is 12.7. The van der Waals surface area contributed by atoms with Gasteiger partial charge in [0.15, 0.2) is 0 Å². The molecule has 188 valence electrons. The highest BCUT2D eigenvalue weighted by Crippen LogP contribution is 2.46. The molecular weight excluding hydrogens is 493 g/mol. The standard InChI is InChI=1S/C27H24FN5O3S/c1-15-13-19(36-18-6-4-16(28)5-7-18)8-9-20(15)33-21-10-12-30-26-22(21)23(32-27(33)35)24(37-26)25(34)31-17-3-2-11-29-14-17/h4-10,12-13,17,29H,2-3,11,14H2,1H3,(H,31,34)(H,32,35)/t17-/m1/s1. The summed E-state index contributed by atoms with van der Waals surface area (Å²) in [5, 5.41) is 10.1. The topological polar surface area (TPSA) is 95.6 Å². The fraction of sp³-hybridized carbons (Fsp3) is 0.222. The molecule has 0 bridgehead atoms. The number of rotatable bonds is 5. The second kappa shape index (κ2) is 9.45. The van der Waals surface area contributed by atoms with E-state index >= 15 is 0 Å². The highest BCUT2D eigenvalue weighted by Gasteiger charge is 2.33. The van der Waals surface area contributed by atoms with Gasteiger partial charge in [-0.25, -0.2) is 14.2 Å². The molecule has 4 heterocycles. The van der Waals surface area contributed by atoms with Crippen LogP contribution < -0.4 is 25.6 Å². The van der Waals surface area contributed by atoms with E-state index in [2.05, 4.69) is 20.9 Å². The Morgan fingerprint density at radius 2 is 1.97 bits per heavy atom. The van der Waals surface area contributed by atoms with Crippen LogP contribution >= 0.6 is 11.3 Å². The predicted molar refractivity (Wildman–Crippen MR) is 142 cm³/mol. The first-order valence-electron chi connectivity index (χ1n) is 12.1. The van der Waals surface area contributed by atoms with E-state index in [0.717, 1.165) is 36.9 Å². The summed E-state index contributed by atoms with van der Waals surface area (Å²) < 4.78 is 19.1. The van der Waals surface area contributed by atoms with E-state index in [9.17, 15) is 14.0 Å². The molecule has 3 amide bonds. The number of aromatic nitrogens is 1. The van der Waals surface area contributed by atoms with Gasteiger partial charge in [-0.05, 0) is 80.4 Å². The van der Waals surface area contributed by atoms with Gasteiger partial charge in [0, 0.05) is 18.8 Å². The first kappa shape index (κ1) is 23.4. The van der Waals surface area contributed by atoms with Gasteiger partial charge in [0.05, 0.1) is 22.4 Å². The fourth-order valence-corrected chi connectivity index (χ4v) is 5.81. The van der Waals surface area contributed by atoms with Crippen LogP contribution in [0.5, 0.6) is 11.5 Å². The average Bonchev–Trinajstić information content (AvgIpc) is 3.27. The fourth-order valence-electron chi connectivity index (χ4n) is 4.79. The third-order valence-corrected chi connectivity index (χ3v) is 7.64. The van der Waals surface area contributed by atoms with Gasteiger partial charge in [-0.15, -0.1) is 11.3 Å². The number of hydrogen-bond donors (Lipinski definition) is 3. The number of carbonyl (C=O) groups excluding carboxylic acids is 2. The Morgan fingerprint density at radius 3 is 2.73 bits per heavy atom. The molecule has 2 aromatic carbocycles. The van der Waals surface area contributed by atoms with Crippen LogP contribution in [-0.2, 0) is 0 Å². The van der Waals surface area contributed by atoms with Gasteiger partial charge in [0.2, 0.25) is 0 Å². The van der Waals surface area contributed by atoms with Crippen LogP contribution in [0.2, 0.25) is 0 Å². The Bertz CT molecular complexity index is 1510. The van der Waals surface area contributed by atoms with E-state index in [-0.39, 0.29) is 23.8 Å². The monoisotopic (exact) mass is 517 g/mol. The third kappa shape index (κ3) is 4.38. The minimum absolute atomic E-state index is 0.0557. The molecule has 2 aliphatic heterocycles. The summed E-state index contributed by atoms with van der Waals surface area (Å²) in [5.41, 5.74) is 2.64. The van der Waals surface area contributed by atoms with Crippen LogP contribution in [0.25, 0.3) is 10.2 Å². The number of halogens is 1. The molecule has 6 rings (SSSR count). The van der Waals surface area contributed by atoms with Gasteiger partial charge < -0.3 is 20.7 Å². The number of nitrogens with one attached hydrogen (secondary N) is 3. The van der Waals surface area contributed by atoms with Crippen molar-refractivity contribution in [2.45, 2.75) is 25.8 Å². The molecule has 37 heavy (non-hydrogen) atoms. The maximum Gasteiger partial charge on any atom is 0.331 e. The summed E-state index contributed by atoms with van der Waals surface area (Å²) in [5.74, 6) is 0.540.